The lowest BCUT2D eigenvalue weighted by Gasteiger charge is -2.10. The molecule has 0 bridgehead atoms. The second-order valence-corrected chi connectivity index (χ2v) is 12.9. The van der Waals surface area contributed by atoms with Crippen molar-refractivity contribution in [2.75, 3.05) is 0 Å². The summed E-state index contributed by atoms with van der Waals surface area (Å²) in [6.07, 6.45) is 0. The first kappa shape index (κ1) is 29.0. The maximum atomic E-state index is 6.17. The van der Waals surface area contributed by atoms with Crippen molar-refractivity contribution < 1.29 is 4.42 Å². The van der Waals surface area contributed by atoms with Crippen LogP contribution in [0.4, 0.5) is 0 Å². The number of rotatable bonds is 5. The van der Waals surface area contributed by atoms with Gasteiger partial charge in [0.2, 0.25) is 0 Å². The summed E-state index contributed by atoms with van der Waals surface area (Å²) in [7, 11) is 0. The monoisotopic (exact) mass is 651 g/mol. The van der Waals surface area contributed by atoms with Crippen molar-refractivity contribution in [2.45, 2.75) is 0 Å². The average Bonchev–Trinajstić information content (AvgIpc) is 3.58. The van der Waals surface area contributed by atoms with Crippen LogP contribution in [0.1, 0.15) is 0 Å². The second kappa shape index (κ2) is 11.9. The van der Waals surface area contributed by atoms with Crippen LogP contribution in [0.2, 0.25) is 0 Å². The summed E-state index contributed by atoms with van der Waals surface area (Å²) in [5.41, 5.74) is 9.08. The molecule has 0 N–H and O–H groups in total. The topological polar surface area (TPSA) is 51.8 Å². The van der Waals surface area contributed by atoms with Gasteiger partial charge in [-0.1, -0.05) is 146 Å². The third-order valence-electron chi connectivity index (χ3n) is 9.72. The van der Waals surface area contributed by atoms with E-state index >= 15 is 0 Å². The molecule has 51 heavy (non-hydrogen) atoms. The first-order chi connectivity index (χ1) is 25.2. The van der Waals surface area contributed by atoms with Crippen LogP contribution in [0.25, 0.3) is 99.9 Å². The van der Waals surface area contributed by atoms with Crippen LogP contribution in [0.3, 0.4) is 0 Å². The van der Waals surface area contributed by atoms with Crippen molar-refractivity contribution in [3.8, 4) is 56.4 Å². The molecule has 2 heterocycles. The Balaban J connectivity index is 1.04. The predicted octanol–water partition coefficient (Wildman–Crippen LogP) is 12.4. The first-order valence-electron chi connectivity index (χ1n) is 17.1. The van der Waals surface area contributed by atoms with E-state index in [0.29, 0.717) is 17.5 Å². The molecule has 0 unspecified atom stereocenters. The fourth-order valence-electron chi connectivity index (χ4n) is 6.99. The van der Waals surface area contributed by atoms with E-state index in [9.17, 15) is 0 Å². The number of fused-ring (bicyclic) bond motifs is 5. The minimum absolute atomic E-state index is 0.626. The van der Waals surface area contributed by atoms with Crippen molar-refractivity contribution in [1.29, 1.82) is 0 Å². The van der Waals surface area contributed by atoms with E-state index in [0.717, 1.165) is 60.7 Å². The van der Waals surface area contributed by atoms with E-state index in [1.165, 1.54) is 21.7 Å². The Bertz CT molecular complexity index is 2910. The van der Waals surface area contributed by atoms with Crippen molar-refractivity contribution in [3.63, 3.8) is 0 Å². The molecular weight excluding hydrogens is 623 g/mol. The predicted molar refractivity (Wildman–Crippen MR) is 209 cm³/mol. The number of furan rings is 1. The normalized spacial score (nSPS) is 11.5. The minimum Gasteiger partial charge on any atom is -0.456 e. The third kappa shape index (κ3) is 5.31. The van der Waals surface area contributed by atoms with Gasteiger partial charge in [0, 0.05) is 27.5 Å². The average molecular weight is 652 g/mol. The van der Waals surface area contributed by atoms with Gasteiger partial charge in [-0.05, 0) is 74.1 Å². The minimum atomic E-state index is 0.626. The molecule has 0 saturated heterocycles. The van der Waals surface area contributed by atoms with Gasteiger partial charge in [-0.15, -0.1) is 0 Å². The van der Waals surface area contributed by atoms with E-state index in [-0.39, 0.29) is 0 Å². The van der Waals surface area contributed by atoms with Crippen LogP contribution in [-0.2, 0) is 0 Å². The summed E-state index contributed by atoms with van der Waals surface area (Å²) in [5.74, 6) is 1.90. The fraction of sp³-hybridized carbons (Fsp3) is 0. The highest BCUT2D eigenvalue weighted by Gasteiger charge is 2.14. The molecule has 0 atom stereocenters. The smallest absolute Gasteiger partial charge is 0.164 e. The number of hydrogen-bond acceptors (Lipinski definition) is 4. The second-order valence-electron chi connectivity index (χ2n) is 12.9. The fourth-order valence-corrected chi connectivity index (χ4v) is 6.99. The lowest BCUT2D eigenvalue weighted by molar-refractivity contribution is 0.669. The van der Waals surface area contributed by atoms with E-state index in [2.05, 4.69) is 158 Å². The molecule has 0 aliphatic heterocycles. The number of aromatic nitrogens is 3. The van der Waals surface area contributed by atoms with Crippen LogP contribution >= 0.6 is 0 Å². The molecule has 238 valence electrons. The molecular formula is C47H29N3O. The van der Waals surface area contributed by atoms with Gasteiger partial charge in [-0.3, -0.25) is 0 Å². The van der Waals surface area contributed by atoms with Crippen molar-refractivity contribution in [2.24, 2.45) is 0 Å². The van der Waals surface area contributed by atoms with Crippen molar-refractivity contribution in [3.05, 3.63) is 176 Å². The van der Waals surface area contributed by atoms with E-state index in [1.54, 1.807) is 0 Å². The molecule has 0 radical (unpaired) electrons. The molecule has 0 aliphatic rings. The molecule has 4 heteroatoms. The van der Waals surface area contributed by atoms with Crippen LogP contribution in [0.15, 0.2) is 180 Å². The molecule has 2 aromatic heterocycles. The Labute approximate surface area is 294 Å². The van der Waals surface area contributed by atoms with Gasteiger partial charge in [-0.2, -0.15) is 0 Å². The summed E-state index contributed by atoms with van der Waals surface area (Å²) in [4.78, 5) is 15.1. The number of para-hydroxylation sites is 1. The SMILES string of the molecule is c1ccc2cc(-c3ccc(-c4nc(-c5ccc(-c6ccc7c(c6)oc6ccccc67)cc5)nc(-c5ccc6ccccc6c5)n4)cc3)ccc2c1. The largest absolute Gasteiger partial charge is 0.456 e. The highest BCUT2D eigenvalue weighted by atomic mass is 16.3. The van der Waals surface area contributed by atoms with Crippen LogP contribution in [-0.4, -0.2) is 15.0 Å². The van der Waals surface area contributed by atoms with Crippen molar-refractivity contribution >= 4 is 43.5 Å². The molecule has 10 rings (SSSR count). The van der Waals surface area contributed by atoms with Gasteiger partial charge < -0.3 is 4.42 Å². The van der Waals surface area contributed by atoms with Gasteiger partial charge in [-0.25, -0.2) is 15.0 Å². The quantitative estimate of drug-likeness (QED) is 0.186. The summed E-state index contributed by atoms with van der Waals surface area (Å²) in [5, 5.41) is 7.03. The Hall–Kier alpha value is -6.91. The lowest BCUT2D eigenvalue weighted by atomic mass is 10.00. The molecule has 0 spiro atoms. The molecule has 0 saturated carbocycles. The Morgan fingerprint density at radius 1 is 0.275 bits per heavy atom. The Morgan fingerprint density at radius 2 is 0.686 bits per heavy atom. The Morgan fingerprint density at radius 3 is 1.31 bits per heavy atom. The molecule has 0 amide bonds. The number of nitrogens with zero attached hydrogens (tertiary/aromatic N) is 3. The van der Waals surface area contributed by atoms with Crippen LogP contribution < -0.4 is 0 Å². The van der Waals surface area contributed by atoms with Crippen molar-refractivity contribution in [1.82, 2.24) is 15.0 Å². The zero-order chi connectivity index (χ0) is 33.7. The van der Waals surface area contributed by atoms with Crippen LogP contribution in [0, 0.1) is 0 Å². The summed E-state index contributed by atoms with van der Waals surface area (Å²) in [6.45, 7) is 0. The Kier molecular flexibility index (Phi) is 6.78. The maximum Gasteiger partial charge on any atom is 0.164 e. The standard InChI is InChI=1S/C47H29N3O/c1-3-9-36-27-38(23-17-30(36)7-1)32-13-19-34(20-14-32)45-48-46(50-47(49-45)40-24-18-31-8-2-4-10-37(31)28-40)35-21-15-33(16-22-35)39-25-26-42-41-11-5-6-12-43(41)51-44(42)29-39/h1-29H. The maximum absolute atomic E-state index is 6.17. The number of hydrogen-bond donors (Lipinski definition) is 0. The molecule has 8 aromatic carbocycles. The number of benzene rings is 8. The summed E-state index contributed by atoms with van der Waals surface area (Å²) in [6, 6.07) is 61.2. The first-order valence-corrected chi connectivity index (χ1v) is 17.1. The van der Waals surface area contributed by atoms with Gasteiger partial charge >= 0.3 is 0 Å². The third-order valence-corrected chi connectivity index (χ3v) is 9.72. The van der Waals surface area contributed by atoms with E-state index < -0.39 is 0 Å². The van der Waals surface area contributed by atoms with Gasteiger partial charge in [0.25, 0.3) is 0 Å². The van der Waals surface area contributed by atoms with E-state index in [4.69, 9.17) is 19.4 Å². The summed E-state index contributed by atoms with van der Waals surface area (Å²) >= 11 is 0. The van der Waals surface area contributed by atoms with Crippen LogP contribution in [0.5, 0.6) is 0 Å². The summed E-state index contributed by atoms with van der Waals surface area (Å²) < 4.78 is 6.17. The lowest BCUT2D eigenvalue weighted by Crippen LogP contribution is -2.00. The molecule has 0 fully saturated rings. The molecule has 4 nitrogen and oxygen atoms in total. The van der Waals surface area contributed by atoms with Gasteiger partial charge in [0.1, 0.15) is 11.2 Å². The zero-order valence-electron chi connectivity index (χ0n) is 27.5. The molecule has 10 aromatic rings. The van der Waals surface area contributed by atoms with E-state index in [1.807, 2.05) is 18.2 Å². The van der Waals surface area contributed by atoms with Gasteiger partial charge in [0.15, 0.2) is 17.5 Å². The molecule has 0 aliphatic carbocycles. The zero-order valence-corrected chi connectivity index (χ0v) is 27.5. The highest BCUT2D eigenvalue weighted by molar-refractivity contribution is 6.05. The van der Waals surface area contributed by atoms with Gasteiger partial charge in [0.05, 0.1) is 0 Å². The highest BCUT2D eigenvalue weighted by Crippen LogP contribution is 2.34.